The molecule has 0 spiro atoms. The summed E-state index contributed by atoms with van der Waals surface area (Å²) in [7, 11) is 1.58. The Bertz CT molecular complexity index is 927. The molecule has 0 fully saturated rings. The number of halogens is 2. The molecule has 2 aromatic rings. The molecule has 0 aliphatic heterocycles. The average molecular weight is 481 g/mol. The summed E-state index contributed by atoms with van der Waals surface area (Å²) in [6.45, 7) is 7.47. The summed E-state index contributed by atoms with van der Waals surface area (Å²) in [5.74, 6) is 0.647. The molecule has 6 nitrogen and oxygen atoms in total. The predicted molar refractivity (Wildman–Crippen MR) is 127 cm³/mol. The quantitative estimate of drug-likeness (QED) is 0.541. The van der Waals surface area contributed by atoms with E-state index in [1.165, 1.54) is 4.90 Å². The molecule has 2 aromatic carbocycles. The third-order valence-electron chi connectivity index (χ3n) is 4.66. The fraction of sp³-hybridized carbons (Fsp3) is 0.417. The van der Waals surface area contributed by atoms with Gasteiger partial charge in [-0.05, 0) is 69.2 Å². The zero-order chi connectivity index (χ0) is 23.9. The van der Waals surface area contributed by atoms with Crippen molar-refractivity contribution >= 4 is 35.0 Å². The lowest BCUT2D eigenvalue weighted by molar-refractivity contribution is -0.143. The van der Waals surface area contributed by atoms with Crippen LogP contribution < -0.4 is 14.8 Å². The molecule has 0 unspecified atom stereocenters. The van der Waals surface area contributed by atoms with E-state index in [2.05, 4.69) is 5.32 Å². The largest absolute Gasteiger partial charge is 0.497 e. The molecule has 0 heterocycles. The molecule has 8 heteroatoms. The molecule has 0 saturated carbocycles. The van der Waals surface area contributed by atoms with Gasteiger partial charge in [-0.25, -0.2) is 0 Å². The third kappa shape index (κ3) is 7.61. The molecule has 174 valence electrons. The van der Waals surface area contributed by atoms with Crippen molar-refractivity contribution in [2.45, 2.75) is 52.2 Å². The molecular weight excluding hydrogens is 451 g/mol. The zero-order valence-corrected chi connectivity index (χ0v) is 20.6. The molecule has 2 amide bonds. The molecule has 0 saturated heterocycles. The highest BCUT2D eigenvalue weighted by molar-refractivity contribution is 6.35. The van der Waals surface area contributed by atoms with Crippen molar-refractivity contribution in [1.29, 1.82) is 0 Å². The smallest absolute Gasteiger partial charge is 0.261 e. The van der Waals surface area contributed by atoms with E-state index < -0.39 is 11.6 Å². The van der Waals surface area contributed by atoms with E-state index in [9.17, 15) is 9.59 Å². The Labute approximate surface area is 199 Å². The summed E-state index contributed by atoms with van der Waals surface area (Å²) in [5, 5.41) is 3.89. The minimum Gasteiger partial charge on any atom is -0.497 e. The maximum absolute atomic E-state index is 13.2. The molecule has 0 bridgehead atoms. The van der Waals surface area contributed by atoms with Gasteiger partial charge < -0.3 is 19.7 Å². The first-order chi connectivity index (χ1) is 15.0. The standard InChI is InChI=1S/C24H30Cl2N2O4/c1-6-21(23(30)27-24(2,3)4)28(14-16-7-8-17(25)13-20(16)26)22(29)15-32-19-11-9-18(31-5)10-12-19/h7-13,21H,6,14-15H2,1-5H3,(H,27,30)/t21-/m1/s1. The predicted octanol–water partition coefficient (Wildman–Crippen LogP) is 5.10. The Kier molecular flexibility index (Phi) is 9.22. The van der Waals surface area contributed by atoms with Crippen molar-refractivity contribution in [3.8, 4) is 11.5 Å². The van der Waals surface area contributed by atoms with E-state index in [0.29, 0.717) is 33.5 Å². The third-order valence-corrected chi connectivity index (χ3v) is 5.25. The van der Waals surface area contributed by atoms with Crippen molar-refractivity contribution in [2.24, 2.45) is 0 Å². The number of rotatable bonds is 9. The van der Waals surface area contributed by atoms with Gasteiger partial charge in [0.15, 0.2) is 6.61 Å². The van der Waals surface area contributed by atoms with Crippen LogP contribution in [0.4, 0.5) is 0 Å². The van der Waals surface area contributed by atoms with Crippen LogP contribution in [0.25, 0.3) is 0 Å². The van der Waals surface area contributed by atoms with Crippen LogP contribution in [0.1, 0.15) is 39.7 Å². The van der Waals surface area contributed by atoms with Crippen molar-refractivity contribution in [2.75, 3.05) is 13.7 Å². The lowest BCUT2D eigenvalue weighted by Gasteiger charge is -2.33. The van der Waals surface area contributed by atoms with Gasteiger partial charge in [0, 0.05) is 22.1 Å². The fourth-order valence-corrected chi connectivity index (χ4v) is 3.57. The van der Waals surface area contributed by atoms with E-state index in [1.54, 1.807) is 49.6 Å². The number of carbonyl (C=O) groups excluding carboxylic acids is 2. The summed E-state index contributed by atoms with van der Waals surface area (Å²) in [5.41, 5.74) is 0.257. The number of benzene rings is 2. The Morgan fingerprint density at radius 3 is 2.22 bits per heavy atom. The van der Waals surface area contributed by atoms with Gasteiger partial charge in [0.25, 0.3) is 5.91 Å². The minimum atomic E-state index is -0.687. The molecular formula is C24H30Cl2N2O4. The van der Waals surface area contributed by atoms with Crippen molar-refractivity contribution in [3.63, 3.8) is 0 Å². The Morgan fingerprint density at radius 2 is 1.69 bits per heavy atom. The van der Waals surface area contributed by atoms with Crippen molar-refractivity contribution in [1.82, 2.24) is 10.2 Å². The molecule has 2 rings (SSSR count). The number of ether oxygens (including phenoxy) is 2. The maximum Gasteiger partial charge on any atom is 0.261 e. The van der Waals surface area contributed by atoms with Crippen LogP contribution in [-0.2, 0) is 16.1 Å². The number of methoxy groups -OCH3 is 1. The fourth-order valence-electron chi connectivity index (χ4n) is 3.11. The molecule has 1 N–H and O–H groups in total. The van der Waals surface area contributed by atoms with Crippen molar-refractivity contribution in [3.05, 3.63) is 58.1 Å². The molecule has 0 aliphatic carbocycles. The zero-order valence-electron chi connectivity index (χ0n) is 19.1. The van der Waals surface area contributed by atoms with Crippen LogP contribution in [-0.4, -0.2) is 42.0 Å². The van der Waals surface area contributed by atoms with Crippen LogP contribution in [0.2, 0.25) is 10.0 Å². The summed E-state index contributed by atoms with van der Waals surface area (Å²) in [4.78, 5) is 27.7. The topological polar surface area (TPSA) is 67.9 Å². The van der Waals surface area contributed by atoms with Gasteiger partial charge >= 0.3 is 0 Å². The highest BCUT2D eigenvalue weighted by Gasteiger charge is 2.31. The summed E-state index contributed by atoms with van der Waals surface area (Å²) >= 11 is 12.4. The second kappa shape index (κ2) is 11.4. The van der Waals surface area contributed by atoms with E-state index in [1.807, 2.05) is 27.7 Å². The SMILES string of the molecule is CC[C@H](C(=O)NC(C)(C)C)N(Cc1ccc(Cl)cc1Cl)C(=O)COc1ccc(OC)cc1. The normalized spacial score (nSPS) is 12.1. The van der Waals surface area contributed by atoms with Crippen LogP contribution in [0.3, 0.4) is 0 Å². The van der Waals surface area contributed by atoms with Crippen LogP contribution in [0.5, 0.6) is 11.5 Å². The second-order valence-corrected chi connectivity index (χ2v) is 9.23. The number of nitrogens with one attached hydrogen (secondary N) is 1. The Balaban J connectivity index is 2.25. The van der Waals surface area contributed by atoms with Gasteiger partial charge in [-0.15, -0.1) is 0 Å². The monoisotopic (exact) mass is 480 g/mol. The molecule has 1 atom stereocenters. The first-order valence-electron chi connectivity index (χ1n) is 10.4. The second-order valence-electron chi connectivity index (χ2n) is 8.38. The summed E-state index contributed by atoms with van der Waals surface area (Å²) in [6.07, 6.45) is 0.432. The number of nitrogens with zero attached hydrogens (tertiary/aromatic N) is 1. The number of amides is 2. The lowest BCUT2D eigenvalue weighted by atomic mass is 10.1. The molecule has 0 radical (unpaired) electrons. The van der Waals surface area contributed by atoms with Gasteiger partial charge in [-0.1, -0.05) is 36.2 Å². The number of hydrogen-bond donors (Lipinski definition) is 1. The van der Waals surface area contributed by atoms with Crippen LogP contribution in [0.15, 0.2) is 42.5 Å². The summed E-state index contributed by atoms with van der Waals surface area (Å²) < 4.78 is 10.8. The first-order valence-corrected chi connectivity index (χ1v) is 11.1. The average Bonchev–Trinajstić information content (AvgIpc) is 2.72. The maximum atomic E-state index is 13.2. The van der Waals surface area contributed by atoms with E-state index in [-0.39, 0.29) is 25.0 Å². The first kappa shape index (κ1) is 25.8. The lowest BCUT2D eigenvalue weighted by Crippen LogP contribution is -2.54. The van der Waals surface area contributed by atoms with Gasteiger partial charge in [-0.2, -0.15) is 0 Å². The molecule has 0 aliphatic rings. The van der Waals surface area contributed by atoms with Crippen LogP contribution in [0, 0.1) is 0 Å². The highest BCUT2D eigenvalue weighted by atomic mass is 35.5. The summed E-state index contributed by atoms with van der Waals surface area (Å²) in [6, 6.07) is 11.3. The van der Waals surface area contributed by atoms with E-state index >= 15 is 0 Å². The van der Waals surface area contributed by atoms with Crippen LogP contribution >= 0.6 is 23.2 Å². The highest BCUT2D eigenvalue weighted by Crippen LogP contribution is 2.24. The minimum absolute atomic E-state index is 0.150. The molecule has 32 heavy (non-hydrogen) atoms. The molecule has 0 aromatic heterocycles. The van der Waals surface area contributed by atoms with Gasteiger partial charge in [0.05, 0.1) is 7.11 Å². The Morgan fingerprint density at radius 1 is 1.06 bits per heavy atom. The number of carbonyl (C=O) groups is 2. The van der Waals surface area contributed by atoms with E-state index in [4.69, 9.17) is 32.7 Å². The van der Waals surface area contributed by atoms with Gasteiger partial charge in [0.2, 0.25) is 5.91 Å². The van der Waals surface area contributed by atoms with Gasteiger partial charge in [-0.3, -0.25) is 9.59 Å². The van der Waals surface area contributed by atoms with E-state index in [0.717, 1.165) is 0 Å². The number of hydrogen-bond acceptors (Lipinski definition) is 4. The van der Waals surface area contributed by atoms with Crippen molar-refractivity contribution < 1.29 is 19.1 Å². The Hall–Kier alpha value is -2.44. The van der Waals surface area contributed by atoms with Gasteiger partial charge in [0.1, 0.15) is 17.5 Å².